The molecule has 0 aromatic rings. The van der Waals surface area contributed by atoms with E-state index in [1.165, 1.54) is 77.0 Å². The average molecular weight is 1010 g/mol. The number of hydrogen-bond donors (Lipinski definition) is 6. The lowest BCUT2D eigenvalue weighted by Crippen LogP contribution is -2.41. The minimum atomic E-state index is -0.646. The largest absolute Gasteiger partial charge is 0.393 e. The summed E-state index contributed by atoms with van der Waals surface area (Å²) in [6.07, 6.45) is 44.8. The van der Waals surface area contributed by atoms with Crippen LogP contribution < -0.4 is 0 Å². The van der Waals surface area contributed by atoms with Crippen LogP contribution in [0.1, 0.15) is 266 Å². The number of rotatable bonds is 36. The SMILES string of the molecule is CCCC/C=C\CC1C(=O)C[C@@H](O)[C@@H]1/C=C/[C@@H](O)CCC[C@@H](C)O.CCCCCCCC1C(=O)CC[C@@H]1CC[C@@H](O)CCCCC.CCCCCCCC1C(=O)C[C@@H](O)[C@@H]1/C=C/C[C@H](O)C1(CCC)CCC1. The van der Waals surface area contributed by atoms with Crippen molar-refractivity contribution >= 4 is 17.3 Å². The summed E-state index contributed by atoms with van der Waals surface area (Å²) in [6, 6.07) is 0. The molecule has 4 saturated carbocycles. The first-order valence-corrected chi connectivity index (χ1v) is 30.3. The fraction of sp³-hybridized carbons (Fsp3) is 0.857. The maximum atomic E-state index is 12.3. The molecule has 9 heteroatoms. The Balaban J connectivity index is 0.000000372. The number of carbonyl (C=O) groups is 3. The van der Waals surface area contributed by atoms with Crippen molar-refractivity contribution < 1.29 is 45.0 Å². The summed E-state index contributed by atoms with van der Waals surface area (Å²) in [5, 5.41) is 60.4. The van der Waals surface area contributed by atoms with Crippen LogP contribution in [0.25, 0.3) is 0 Å². The van der Waals surface area contributed by atoms with Crippen LogP contribution in [0.5, 0.6) is 0 Å². The number of carbonyl (C=O) groups excluding carboxylic acids is 3. The van der Waals surface area contributed by atoms with E-state index in [0.29, 0.717) is 49.7 Å². The second-order valence-corrected chi connectivity index (χ2v) is 23.1. The van der Waals surface area contributed by atoms with E-state index in [4.69, 9.17) is 0 Å². The topological polar surface area (TPSA) is 173 Å². The van der Waals surface area contributed by atoms with Gasteiger partial charge in [-0.3, -0.25) is 14.4 Å². The summed E-state index contributed by atoms with van der Waals surface area (Å²) in [6.45, 7) is 12.7. The number of ketones is 3. The van der Waals surface area contributed by atoms with Gasteiger partial charge in [-0.1, -0.05) is 180 Å². The zero-order valence-corrected chi connectivity index (χ0v) is 47.0. The summed E-state index contributed by atoms with van der Waals surface area (Å²) < 4.78 is 0. The Hall–Kier alpha value is -2.01. The molecule has 0 bridgehead atoms. The quantitative estimate of drug-likeness (QED) is 0.0264. The lowest BCUT2D eigenvalue weighted by Gasteiger charge is -2.45. The van der Waals surface area contributed by atoms with Crippen molar-refractivity contribution in [2.75, 3.05) is 0 Å². The fourth-order valence-corrected chi connectivity index (χ4v) is 12.1. The van der Waals surface area contributed by atoms with Crippen molar-refractivity contribution in [2.45, 2.75) is 303 Å². The second-order valence-electron chi connectivity index (χ2n) is 23.1. The molecule has 4 rings (SSSR count). The molecule has 3 unspecified atom stereocenters. The van der Waals surface area contributed by atoms with Gasteiger partial charge in [0.25, 0.3) is 0 Å². The first kappa shape index (κ1) is 66.1. The highest BCUT2D eigenvalue weighted by Gasteiger charge is 2.43. The third-order valence-electron chi connectivity index (χ3n) is 16.9. The molecule has 4 aliphatic carbocycles. The van der Waals surface area contributed by atoms with Crippen LogP contribution in [-0.4, -0.2) is 84.6 Å². The zero-order chi connectivity index (χ0) is 53.2. The molecule has 418 valence electrons. The normalized spacial score (nSPS) is 26.8. The molecule has 9 nitrogen and oxygen atoms in total. The fourth-order valence-electron chi connectivity index (χ4n) is 12.1. The predicted molar refractivity (Wildman–Crippen MR) is 297 cm³/mol. The van der Waals surface area contributed by atoms with Crippen molar-refractivity contribution in [3.8, 4) is 0 Å². The molecule has 0 saturated heterocycles. The van der Waals surface area contributed by atoms with Gasteiger partial charge in [-0.15, -0.1) is 0 Å². The highest BCUT2D eigenvalue weighted by atomic mass is 16.3. The number of unbranched alkanes of at least 4 members (excludes halogenated alkanes) is 12. The minimum absolute atomic E-state index is 0.0201. The smallest absolute Gasteiger partial charge is 0.139 e. The maximum absolute atomic E-state index is 12.3. The van der Waals surface area contributed by atoms with Gasteiger partial charge >= 0.3 is 0 Å². The summed E-state index contributed by atoms with van der Waals surface area (Å²) in [4.78, 5) is 36.5. The van der Waals surface area contributed by atoms with Gasteiger partial charge in [-0.05, 0) is 115 Å². The summed E-state index contributed by atoms with van der Waals surface area (Å²) in [5.41, 5.74) is 0.127. The molecule has 12 atom stereocenters. The molecule has 6 N–H and O–H groups in total. The summed E-state index contributed by atoms with van der Waals surface area (Å²) >= 11 is 0. The molecule has 4 aliphatic rings. The highest BCUT2D eigenvalue weighted by Crippen LogP contribution is 2.49. The standard InChI is InChI=1S/C23H40O3.C20H34O4.C20H38O2/c1-3-5-6-7-8-11-18-19(21(25)17-20(18)24)12-9-13-22(26)23(14-4-2)15-10-16-23;1-3-4-5-6-7-11-17-18(20(24)14-19(17)23)13-12-16(22)10-8-9-15(2)21;1-3-5-7-8-10-12-19-17(14-16-20(19)22)13-15-18(21)11-9-6-4-2/h9,12,18-19,21-22,25-26H,3-8,10-11,13-17H2,1-2H3;6-7,12-13,15-18,20-22,24H,3-5,8-11,14H2,1-2H3;17-19,21H,3-16H2,1-2H3/b12-9+;7-6-,13-12+;/t18?,19-,21-,22+;15-,16+,17?,18-,20-;17-,18-,19?/m110/s1. The molecule has 72 heavy (non-hydrogen) atoms. The van der Waals surface area contributed by atoms with E-state index in [9.17, 15) is 45.0 Å². The number of hydrogen-bond acceptors (Lipinski definition) is 9. The minimum Gasteiger partial charge on any atom is -0.393 e. The molecule has 0 spiro atoms. The molecule has 0 aromatic carbocycles. The van der Waals surface area contributed by atoms with E-state index >= 15 is 0 Å². The Morgan fingerprint density at radius 1 is 0.569 bits per heavy atom. The maximum Gasteiger partial charge on any atom is 0.139 e. The molecular weight excluding hydrogens is 901 g/mol. The van der Waals surface area contributed by atoms with E-state index in [-0.39, 0.29) is 65.4 Å². The Morgan fingerprint density at radius 3 is 1.74 bits per heavy atom. The molecule has 0 aromatic heterocycles. The first-order chi connectivity index (χ1) is 34.7. The van der Waals surface area contributed by atoms with Crippen LogP contribution in [0.4, 0.5) is 0 Å². The zero-order valence-electron chi connectivity index (χ0n) is 47.0. The van der Waals surface area contributed by atoms with Gasteiger partial charge in [0.05, 0.1) is 36.6 Å². The molecule has 4 fully saturated rings. The van der Waals surface area contributed by atoms with Gasteiger partial charge in [0.15, 0.2) is 0 Å². The van der Waals surface area contributed by atoms with Crippen molar-refractivity contribution in [1.29, 1.82) is 0 Å². The van der Waals surface area contributed by atoms with Crippen LogP contribution in [0, 0.1) is 40.9 Å². The third-order valence-corrected chi connectivity index (χ3v) is 16.9. The molecule has 0 amide bonds. The van der Waals surface area contributed by atoms with E-state index in [1.807, 2.05) is 18.2 Å². The van der Waals surface area contributed by atoms with E-state index in [1.54, 1.807) is 13.0 Å². The number of Topliss-reactive ketones (excluding diaryl/α,β-unsaturated/α-hetero) is 3. The van der Waals surface area contributed by atoms with Gasteiger partial charge in [0.1, 0.15) is 17.3 Å². The number of aliphatic hydroxyl groups is 6. The van der Waals surface area contributed by atoms with Crippen LogP contribution in [0.2, 0.25) is 0 Å². The molecule has 0 radical (unpaired) electrons. The molecule has 0 aliphatic heterocycles. The van der Waals surface area contributed by atoms with Gasteiger partial charge in [-0.25, -0.2) is 0 Å². The van der Waals surface area contributed by atoms with Gasteiger partial charge in [-0.2, -0.15) is 0 Å². The summed E-state index contributed by atoms with van der Waals surface area (Å²) in [7, 11) is 0. The van der Waals surface area contributed by atoms with E-state index in [2.05, 4.69) is 46.8 Å². The lowest BCUT2D eigenvalue weighted by atomic mass is 9.62. The lowest BCUT2D eigenvalue weighted by molar-refractivity contribution is -0.122. The predicted octanol–water partition coefficient (Wildman–Crippen LogP) is 14.0. The van der Waals surface area contributed by atoms with E-state index < -0.39 is 18.3 Å². The second kappa shape index (κ2) is 39.4. The van der Waals surface area contributed by atoms with Gasteiger partial charge in [0, 0.05) is 48.9 Å². The van der Waals surface area contributed by atoms with Crippen LogP contribution in [0.3, 0.4) is 0 Å². The van der Waals surface area contributed by atoms with Crippen molar-refractivity contribution in [3.05, 3.63) is 36.5 Å². The average Bonchev–Trinajstić information content (AvgIpc) is 3.93. The van der Waals surface area contributed by atoms with Crippen LogP contribution in [0.15, 0.2) is 36.5 Å². The van der Waals surface area contributed by atoms with Crippen molar-refractivity contribution in [3.63, 3.8) is 0 Å². The number of aliphatic hydroxyl groups excluding tert-OH is 6. The van der Waals surface area contributed by atoms with Gasteiger partial charge in [0.2, 0.25) is 0 Å². The van der Waals surface area contributed by atoms with Crippen LogP contribution >= 0.6 is 0 Å². The van der Waals surface area contributed by atoms with Crippen molar-refractivity contribution in [2.24, 2.45) is 40.9 Å². The van der Waals surface area contributed by atoms with Gasteiger partial charge < -0.3 is 30.6 Å². The Bertz CT molecular complexity index is 1500. The first-order valence-electron chi connectivity index (χ1n) is 30.3. The Kier molecular flexibility index (Phi) is 36.2. The van der Waals surface area contributed by atoms with Crippen molar-refractivity contribution in [1.82, 2.24) is 0 Å². The Morgan fingerprint density at radius 2 is 1.15 bits per heavy atom. The monoisotopic (exact) mass is 1010 g/mol. The third kappa shape index (κ3) is 25.7. The summed E-state index contributed by atoms with van der Waals surface area (Å²) in [5.74, 6) is 1.24. The Labute approximate surface area is 441 Å². The number of allylic oxidation sites excluding steroid dienone is 2. The highest BCUT2D eigenvalue weighted by molar-refractivity contribution is 5.85. The van der Waals surface area contributed by atoms with Crippen LogP contribution in [-0.2, 0) is 14.4 Å². The molecular formula is C63H112O9. The molecule has 0 heterocycles. The van der Waals surface area contributed by atoms with E-state index in [0.717, 1.165) is 109 Å².